The second kappa shape index (κ2) is 5.12. The van der Waals surface area contributed by atoms with Crippen molar-refractivity contribution in [3.05, 3.63) is 29.8 Å². The molecule has 0 saturated heterocycles. The van der Waals surface area contributed by atoms with Crippen molar-refractivity contribution < 1.29 is 13.6 Å². The van der Waals surface area contributed by atoms with Gasteiger partial charge in [0.2, 0.25) is 5.91 Å². The van der Waals surface area contributed by atoms with Crippen LogP contribution in [0.15, 0.2) is 24.3 Å². The highest BCUT2D eigenvalue weighted by Crippen LogP contribution is 2.31. The smallest absolute Gasteiger partial charge is 0.255 e. The number of fused-ring (bicyclic) bond motifs is 1. The van der Waals surface area contributed by atoms with Crippen molar-refractivity contribution in [3.63, 3.8) is 0 Å². The summed E-state index contributed by atoms with van der Waals surface area (Å²) in [6, 6.07) is 7.47. The molecule has 1 aromatic carbocycles. The number of hydrogen-bond donors (Lipinski definition) is 2. The first-order valence-electron chi connectivity index (χ1n) is 5.57. The van der Waals surface area contributed by atoms with Gasteiger partial charge in [-0.15, -0.1) is 0 Å². The largest absolute Gasteiger partial charge is 0.385 e. The van der Waals surface area contributed by atoms with Crippen LogP contribution in [0.2, 0.25) is 0 Å². The summed E-state index contributed by atoms with van der Waals surface area (Å²) in [6.07, 6.45) is -1.87. The average Bonchev–Trinajstić information content (AvgIpc) is 2.35. The first-order valence-corrected chi connectivity index (χ1v) is 5.57. The van der Waals surface area contributed by atoms with E-state index in [1.165, 1.54) is 0 Å². The molecule has 0 radical (unpaired) electrons. The highest BCUT2D eigenvalue weighted by Gasteiger charge is 2.26. The van der Waals surface area contributed by atoms with Crippen LogP contribution in [0.3, 0.4) is 0 Å². The zero-order valence-electron chi connectivity index (χ0n) is 9.25. The molecule has 1 aromatic rings. The van der Waals surface area contributed by atoms with E-state index < -0.39 is 13.0 Å². The van der Waals surface area contributed by atoms with Crippen molar-refractivity contribution in [2.75, 3.05) is 18.4 Å². The molecule has 1 amide bonds. The topological polar surface area (TPSA) is 41.1 Å². The van der Waals surface area contributed by atoms with E-state index in [0.717, 1.165) is 11.3 Å². The van der Waals surface area contributed by atoms with Gasteiger partial charge in [-0.3, -0.25) is 4.79 Å². The first kappa shape index (κ1) is 11.8. The summed E-state index contributed by atoms with van der Waals surface area (Å²) in [7, 11) is 0. The fourth-order valence-electron chi connectivity index (χ4n) is 2.04. The van der Waals surface area contributed by atoms with Crippen LogP contribution in [-0.4, -0.2) is 25.4 Å². The van der Waals surface area contributed by atoms with E-state index in [4.69, 9.17) is 0 Å². The van der Waals surface area contributed by atoms with Crippen molar-refractivity contribution in [1.29, 1.82) is 0 Å². The Kier molecular flexibility index (Phi) is 3.56. The van der Waals surface area contributed by atoms with Crippen LogP contribution in [0.1, 0.15) is 17.9 Å². The van der Waals surface area contributed by atoms with Gasteiger partial charge in [0.15, 0.2) is 0 Å². The Hall–Kier alpha value is -1.65. The van der Waals surface area contributed by atoms with E-state index in [0.29, 0.717) is 13.0 Å². The third-order valence-corrected chi connectivity index (χ3v) is 2.83. The third-order valence-electron chi connectivity index (χ3n) is 2.83. The number of carbonyl (C=O) groups excluding carboxylic acids is 1. The van der Waals surface area contributed by atoms with Gasteiger partial charge in [0.05, 0.1) is 12.5 Å². The standard InChI is InChI=1S/C12H14F2N2O/c13-11(14)7-16-12(17)9-5-6-15-10-4-2-1-3-8(9)10/h1-4,9,11,15H,5-7H2,(H,16,17). The van der Waals surface area contributed by atoms with E-state index in [9.17, 15) is 13.6 Å². The van der Waals surface area contributed by atoms with Gasteiger partial charge in [-0.2, -0.15) is 0 Å². The van der Waals surface area contributed by atoms with Crippen LogP contribution < -0.4 is 10.6 Å². The Morgan fingerprint density at radius 1 is 1.47 bits per heavy atom. The molecule has 1 atom stereocenters. The molecule has 92 valence electrons. The zero-order valence-corrected chi connectivity index (χ0v) is 9.25. The summed E-state index contributed by atoms with van der Waals surface area (Å²) >= 11 is 0. The second-order valence-corrected chi connectivity index (χ2v) is 3.99. The monoisotopic (exact) mass is 240 g/mol. The Morgan fingerprint density at radius 3 is 3.00 bits per heavy atom. The van der Waals surface area contributed by atoms with Crippen molar-refractivity contribution in [3.8, 4) is 0 Å². The lowest BCUT2D eigenvalue weighted by Crippen LogP contribution is -2.35. The number of para-hydroxylation sites is 1. The molecule has 2 rings (SSSR count). The molecule has 0 aromatic heterocycles. The van der Waals surface area contributed by atoms with Gasteiger partial charge >= 0.3 is 0 Å². The van der Waals surface area contributed by atoms with Crippen molar-refractivity contribution >= 4 is 11.6 Å². The van der Waals surface area contributed by atoms with Crippen molar-refractivity contribution in [2.24, 2.45) is 0 Å². The summed E-state index contributed by atoms with van der Waals surface area (Å²) in [5.41, 5.74) is 1.79. The molecule has 0 fully saturated rings. The van der Waals surface area contributed by atoms with Crippen LogP contribution in [0.4, 0.5) is 14.5 Å². The zero-order chi connectivity index (χ0) is 12.3. The Labute approximate surface area is 98.2 Å². The fraction of sp³-hybridized carbons (Fsp3) is 0.417. The molecule has 0 spiro atoms. The molecule has 0 bridgehead atoms. The molecule has 1 aliphatic heterocycles. The molecule has 5 heteroatoms. The Morgan fingerprint density at radius 2 is 2.24 bits per heavy atom. The number of alkyl halides is 2. The molecule has 3 nitrogen and oxygen atoms in total. The van der Waals surface area contributed by atoms with E-state index in [1.54, 1.807) is 0 Å². The first-order chi connectivity index (χ1) is 8.18. The van der Waals surface area contributed by atoms with Gasteiger partial charge in [0.25, 0.3) is 6.43 Å². The number of hydrogen-bond acceptors (Lipinski definition) is 2. The molecule has 1 aliphatic rings. The molecule has 2 N–H and O–H groups in total. The third kappa shape index (κ3) is 2.72. The highest BCUT2D eigenvalue weighted by atomic mass is 19.3. The number of nitrogens with one attached hydrogen (secondary N) is 2. The molecule has 1 unspecified atom stereocenters. The van der Waals surface area contributed by atoms with E-state index in [1.807, 2.05) is 24.3 Å². The van der Waals surface area contributed by atoms with Crippen LogP contribution in [0, 0.1) is 0 Å². The lowest BCUT2D eigenvalue weighted by molar-refractivity contribution is -0.123. The lowest BCUT2D eigenvalue weighted by atomic mass is 9.90. The molecular formula is C12H14F2N2O. The van der Waals surface area contributed by atoms with Gasteiger partial charge in [-0.05, 0) is 18.1 Å². The lowest BCUT2D eigenvalue weighted by Gasteiger charge is -2.25. The number of anilines is 1. The molecule has 17 heavy (non-hydrogen) atoms. The highest BCUT2D eigenvalue weighted by molar-refractivity contribution is 5.86. The normalized spacial score (nSPS) is 18.4. The number of benzene rings is 1. The molecule has 1 heterocycles. The van der Waals surface area contributed by atoms with Gasteiger partial charge in [0.1, 0.15) is 0 Å². The molecule has 0 aliphatic carbocycles. The maximum absolute atomic E-state index is 12.0. The summed E-state index contributed by atoms with van der Waals surface area (Å²) in [6.45, 7) is 0.106. The summed E-state index contributed by atoms with van der Waals surface area (Å²) < 4.78 is 24.1. The Bertz CT molecular complexity index is 409. The number of rotatable bonds is 3. The Balaban J connectivity index is 2.10. The van der Waals surface area contributed by atoms with Crippen LogP contribution in [0.25, 0.3) is 0 Å². The second-order valence-electron chi connectivity index (χ2n) is 3.99. The van der Waals surface area contributed by atoms with E-state index in [2.05, 4.69) is 10.6 Å². The maximum atomic E-state index is 12.0. The van der Waals surface area contributed by atoms with Crippen LogP contribution >= 0.6 is 0 Å². The van der Waals surface area contributed by atoms with Gasteiger partial charge < -0.3 is 10.6 Å². The molecular weight excluding hydrogens is 226 g/mol. The number of halogens is 2. The summed E-state index contributed by atoms with van der Waals surface area (Å²) in [5, 5.41) is 5.46. The van der Waals surface area contributed by atoms with Gasteiger partial charge in [0, 0.05) is 12.2 Å². The predicted molar refractivity (Wildman–Crippen MR) is 61.3 cm³/mol. The quantitative estimate of drug-likeness (QED) is 0.848. The summed E-state index contributed by atoms with van der Waals surface area (Å²) in [4.78, 5) is 11.8. The van der Waals surface area contributed by atoms with Crippen molar-refractivity contribution in [2.45, 2.75) is 18.8 Å². The van der Waals surface area contributed by atoms with Gasteiger partial charge in [-0.25, -0.2) is 8.78 Å². The number of carbonyl (C=O) groups is 1. The van der Waals surface area contributed by atoms with Crippen LogP contribution in [0.5, 0.6) is 0 Å². The van der Waals surface area contributed by atoms with Gasteiger partial charge in [-0.1, -0.05) is 18.2 Å². The minimum Gasteiger partial charge on any atom is -0.385 e. The van der Waals surface area contributed by atoms with Crippen molar-refractivity contribution in [1.82, 2.24) is 5.32 Å². The van der Waals surface area contributed by atoms with E-state index >= 15 is 0 Å². The molecule has 0 saturated carbocycles. The fourth-order valence-corrected chi connectivity index (χ4v) is 2.04. The van der Waals surface area contributed by atoms with E-state index in [-0.39, 0.29) is 11.8 Å². The maximum Gasteiger partial charge on any atom is 0.255 e. The predicted octanol–water partition coefficient (Wildman–Crippen LogP) is 1.97. The summed E-state index contributed by atoms with van der Waals surface area (Å²) in [5.74, 6) is -0.648. The average molecular weight is 240 g/mol. The minimum atomic E-state index is -2.50. The minimum absolute atomic E-state index is 0.320. The van der Waals surface area contributed by atoms with Crippen LogP contribution in [-0.2, 0) is 4.79 Å². The SMILES string of the molecule is O=C(NCC(F)F)C1CCNc2ccccc21. The number of amides is 1.